The predicted octanol–water partition coefficient (Wildman–Crippen LogP) is 4.68. The number of carbonyl (C=O) groups is 3. The van der Waals surface area contributed by atoms with Gasteiger partial charge < -0.3 is 4.57 Å². The highest BCUT2D eigenvalue weighted by Crippen LogP contribution is 2.39. The average Bonchev–Trinajstić information content (AvgIpc) is 3.12. The monoisotopic (exact) mass is 424 g/mol. The molecular formula is C25H16N2O3S. The first kappa shape index (κ1) is 19.2. The number of benzene rings is 3. The molecule has 4 aromatic rings. The average molecular weight is 424 g/mol. The Balaban J connectivity index is 1.65. The number of para-hydroxylation sites is 2. The van der Waals surface area contributed by atoms with Crippen molar-refractivity contribution >= 4 is 45.6 Å². The molecule has 0 bridgehead atoms. The van der Waals surface area contributed by atoms with E-state index in [2.05, 4.69) is 4.98 Å². The third-order valence-electron chi connectivity index (χ3n) is 5.38. The van der Waals surface area contributed by atoms with E-state index in [1.54, 1.807) is 42.5 Å². The zero-order valence-electron chi connectivity index (χ0n) is 16.5. The lowest BCUT2D eigenvalue weighted by molar-refractivity contribution is -0.104. The Labute approximate surface area is 182 Å². The lowest BCUT2D eigenvalue weighted by Crippen LogP contribution is -2.22. The maximum absolute atomic E-state index is 13.3. The van der Waals surface area contributed by atoms with E-state index in [0.717, 1.165) is 11.0 Å². The Hall–Kier alpha value is -3.77. The summed E-state index contributed by atoms with van der Waals surface area (Å²) in [5.74, 6) is -0.409. The van der Waals surface area contributed by atoms with E-state index in [1.807, 2.05) is 35.9 Å². The second-order valence-corrected chi connectivity index (χ2v) is 8.15. The molecule has 0 atom stereocenters. The standard InChI is InChI=1S/C25H16N2O3S/c1-27-20-12-5-4-11-19(20)26-25(27)31-21(13-14-28)17-9-6-10-18-22(17)24(30)16-8-3-2-7-15(16)23(18)29/h2-14H,1H3. The molecule has 31 heavy (non-hydrogen) atoms. The summed E-state index contributed by atoms with van der Waals surface area (Å²) in [6, 6.07) is 19.7. The molecule has 1 aliphatic rings. The number of ketones is 2. The van der Waals surface area contributed by atoms with Gasteiger partial charge in [0.1, 0.15) is 6.29 Å². The van der Waals surface area contributed by atoms with Gasteiger partial charge in [0.05, 0.1) is 11.0 Å². The van der Waals surface area contributed by atoms with Crippen LogP contribution in [0.2, 0.25) is 0 Å². The Kier molecular flexibility index (Phi) is 4.64. The van der Waals surface area contributed by atoms with Crippen LogP contribution in [0, 0.1) is 0 Å². The quantitative estimate of drug-likeness (QED) is 0.238. The van der Waals surface area contributed by atoms with Crippen LogP contribution in [0.3, 0.4) is 0 Å². The van der Waals surface area contributed by atoms with Gasteiger partial charge >= 0.3 is 0 Å². The van der Waals surface area contributed by atoms with Crippen molar-refractivity contribution in [2.75, 3.05) is 0 Å². The van der Waals surface area contributed by atoms with Crippen LogP contribution in [0.15, 0.2) is 78.0 Å². The second-order valence-electron chi connectivity index (χ2n) is 7.14. The molecule has 1 aromatic heterocycles. The molecule has 150 valence electrons. The van der Waals surface area contributed by atoms with E-state index in [4.69, 9.17) is 0 Å². The summed E-state index contributed by atoms with van der Waals surface area (Å²) in [6.45, 7) is 0. The molecule has 0 amide bonds. The van der Waals surface area contributed by atoms with Crippen LogP contribution in [0.5, 0.6) is 0 Å². The van der Waals surface area contributed by atoms with E-state index in [1.165, 1.54) is 17.8 Å². The molecule has 0 radical (unpaired) electrons. The van der Waals surface area contributed by atoms with Gasteiger partial charge in [-0.2, -0.15) is 0 Å². The van der Waals surface area contributed by atoms with E-state index in [9.17, 15) is 14.4 Å². The van der Waals surface area contributed by atoms with Gasteiger partial charge in [0, 0.05) is 39.8 Å². The van der Waals surface area contributed by atoms with Gasteiger partial charge in [-0.25, -0.2) is 4.98 Å². The minimum absolute atomic E-state index is 0.190. The molecule has 0 spiro atoms. The Morgan fingerprint density at radius 1 is 0.871 bits per heavy atom. The van der Waals surface area contributed by atoms with Crippen LogP contribution >= 0.6 is 11.8 Å². The molecule has 0 aliphatic heterocycles. The molecule has 6 heteroatoms. The van der Waals surface area contributed by atoms with Gasteiger partial charge in [-0.1, -0.05) is 66.4 Å². The first-order valence-corrected chi connectivity index (χ1v) is 10.5. The molecule has 0 saturated heterocycles. The fourth-order valence-electron chi connectivity index (χ4n) is 3.90. The van der Waals surface area contributed by atoms with Gasteiger partial charge in [-0.15, -0.1) is 0 Å². The highest BCUT2D eigenvalue weighted by Gasteiger charge is 2.32. The fourth-order valence-corrected chi connectivity index (χ4v) is 4.88. The van der Waals surface area contributed by atoms with Crippen molar-refractivity contribution < 1.29 is 14.4 Å². The van der Waals surface area contributed by atoms with Crippen molar-refractivity contribution in [3.05, 3.63) is 101 Å². The van der Waals surface area contributed by atoms with Crippen molar-refractivity contribution in [2.45, 2.75) is 5.16 Å². The number of hydrogen-bond donors (Lipinski definition) is 0. The number of hydrogen-bond acceptors (Lipinski definition) is 5. The van der Waals surface area contributed by atoms with Crippen LogP contribution in [0.4, 0.5) is 0 Å². The van der Waals surface area contributed by atoms with Crippen LogP contribution in [0.25, 0.3) is 15.9 Å². The van der Waals surface area contributed by atoms with Crippen molar-refractivity contribution in [3.63, 3.8) is 0 Å². The van der Waals surface area contributed by atoms with Crippen LogP contribution < -0.4 is 0 Å². The topological polar surface area (TPSA) is 69.0 Å². The maximum Gasteiger partial charge on any atom is 0.195 e. The highest BCUT2D eigenvalue weighted by atomic mass is 32.2. The molecule has 0 saturated carbocycles. The Bertz CT molecular complexity index is 1430. The minimum atomic E-state index is -0.219. The third kappa shape index (κ3) is 3.04. The van der Waals surface area contributed by atoms with Gasteiger partial charge in [-0.3, -0.25) is 14.4 Å². The molecule has 1 heterocycles. The maximum atomic E-state index is 13.3. The number of carbonyl (C=O) groups excluding carboxylic acids is 3. The summed E-state index contributed by atoms with van der Waals surface area (Å²) in [6.07, 6.45) is 2.10. The first-order valence-electron chi connectivity index (χ1n) is 9.66. The summed E-state index contributed by atoms with van der Waals surface area (Å²) in [7, 11) is 1.90. The number of fused-ring (bicyclic) bond motifs is 3. The number of nitrogens with zero attached hydrogens (tertiary/aromatic N) is 2. The molecule has 0 fully saturated rings. The van der Waals surface area contributed by atoms with Gasteiger partial charge in [-0.05, 0) is 18.2 Å². The SMILES string of the molecule is Cn1c(SC(=CC=O)c2cccc3c2C(=O)c2ccccc2C3=O)nc2ccccc21. The molecule has 5 nitrogen and oxygen atoms in total. The minimum Gasteiger partial charge on any atom is -0.322 e. The lowest BCUT2D eigenvalue weighted by Gasteiger charge is -2.21. The third-order valence-corrected chi connectivity index (χ3v) is 6.51. The molecular weight excluding hydrogens is 408 g/mol. The van der Waals surface area contributed by atoms with Crippen molar-refractivity contribution in [1.29, 1.82) is 0 Å². The summed E-state index contributed by atoms with van der Waals surface area (Å²) < 4.78 is 1.94. The number of thioether (sulfide) groups is 1. The largest absolute Gasteiger partial charge is 0.322 e. The molecule has 0 N–H and O–H groups in total. The van der Waals surface area contributed by atoms with Gasteiger partial charge in [0.2, 0.25) is 0 Å². The smallest absolute Gasteiger partial charge is 0.195 e. The molecule has 3 aromatic carbocycles. The summed E-state index contributed by atoms with van der Waals surface area (Å²) >= 11 is 1.29. The van der Waals surface area contributed by atoms with Crippen LogP contribution in [-0.2, 0) is 11.8 Å². The number of rotatable bonds is 4. The molecule has 1 aliphatic carbocycles. The number of allylic oxidation sites excluding steroid dienone is 1. The predicted molar refractivity (Wildman–Crippen MR) is 120 cm³/mol. The lowest BCUT2D eigenvalue weighted by atomic mass is 9.82. The van der Waals surface area contributed by atoms with Gasteiger partial charge in [0.25, 0.3) is 0 Å². The number of aromatic nitrogens is 2. The fraction of sp³-hybridized carbons (Fsp3) is 0.0400. The number of imidazole rings is 1. The molecule has 5 rings (SSSR count). The van der Waals surface area contributed by atoms with E-state index >= 15 is 0 Å². The van der Waals surface area contributed by atoms with Crippen LogP contribution in [0.1, 0.15) is 37.4 Å². The summed E-state index contributed by atoms with van der Waals surface area (Å²) in [5.41, 5.74) is 3.81. The number of aldehydes is 1. The van der Waals surface area contributed by atoms with Crippen molar-refractivity contribution in [2.24, 2.45) is 7.05 Å². The van der Waals surface area contributed by atoms with E-state index < -0.39 is 0 Å². The second kappa shape index (κ2) is 7.49. The Morgan fingerprint density at radius 3 is 2.29 bits per heavy atom. The Morgan fingerprint density at radius 2 is 1.55 bits per heavy atom. The first-order chi connectivity index (χ1) is 15.1. The van der Waals surface area contributed by atoms with Crippen molar-refractivity contribution in [3.8, 4) is 0 Å². The van der Waals surface area contributed by atoms with Crippen LogP contribution in [-0.4, -0.2) is 27.4 Å². The highest BCUT2D eigenvalue weighted by molar-refractivity contribution is 8.08. The normalized spacial score (nSPS) is 13.3. The van der Waals surface area contributed by atoms with Crippen molar-refractivity contribution in [1.82, 2.24) is 9.55 Å². The summed E-state index contributed by atoms with van der Waals surface area (Å²) in [5, 5.41) is 0.682. The zero-order chi connectivity index (χ0) is 21.5. The van der Waals surface area contributed by atoms with E-state index in [0.29, 0.717) is 44.2 Å². The van der Waals surface area contributed by atoms with Gasteiger partial charge in [0.15, 0.2) is 16.7 Å². The summed E-state index contributed by atoms with van der Waals surface area (Å²) in [4.78, 5) is 43.1. The molecule has 0 unspecified atom stereocenters. The number of aryl methyl sites for hydroxylation is 1. The van der Waals surface area contributed by atoms with E-state index in [-0.39, 0.29) is 11.6 Å². The zero-order valence-corrected chi connectivity index (χ0v) is 17.3.